The summed E-state index contributed by atoms with van der Waals surface area (Å²) in [5.74, 6) is 0.670. The Kier molecular flexibility index (Phi) is 8.27. The molecular formula is C25H21BrFN5O2S. The van der Waals surface area contributed by atoms with E-state index in [4.69, 9.17) is 4.74 Å². The van der Waals surface area contributed by atoms with Gasteiger partial charge in [-0.3, -0.25) is 9.36 Å². The molecule has 0 radical (unpaired) electrons. The molecule has 0 unspecified atom stereocenters. The fraction of sp³-hybridized carbons (Fsp3) is 0.120. The molecule has 0 bridgehead atoms. The summed E-state index contributed by atoms with van der Waals surface area (Å²) >= 11 is 4.51. The van der Waals surface area contributed by atoms with Gasteiger partial charge in [-0.25, -0.2) is 9.82 Å². The third kappa shape index (κ3) is 6.34. The van der Waals surface area contributed by atoms with Crippen LogP contribution in [-0.2, 0) is 4.79 Å². The number of aromatic nitrogens is 3. The average molecular weight is 554 g/mol. The van der Waals surface area contributed by atoms with Crippen LogP contribution in [0.2, 0.25) is 0 Å². The molecule has 0 fully saturated rings. The zero-order valence-corrected chi connectivity index (χ0v) is 21.1. The molecule has 4 aromatic rings. The van der Waals surface area contributed by atoms with Gasteiger partial charge in [-0.05, 0) is 49.4 Å². The maximum Gasteiger partial charge on any atom is 0.250 e. The van der Waals surface area contributed by atoms with Crippen molar-refractivity contribution >= 4 is 39.8 Å². The number of carbonyl (C=O) groups excluding carboxylic acids is 1. The largest absolute Gasteiger partial charge is 0.494 e. The second-order valence-electron chi connectivity index (χ2n) is 7.18. The van der Waals surface area contributed by atoms with Crippen LogP contribution in [-0.4, -0.2) is 39.2 Å². The number of nitrogens with zero attached hydrogens (tertiary/aromatic N) is 4. The van der Waals surface area contributed by atoms with E-state index in [2.05, 4.69) is 36.7 Å². The second kappa shape index (κ2) is 11.8. The molecule has 1 heterocycles. The van der Waals surface area contributed by atoms with Gasteiger partial charge in [0.05, 0.1) is 18.6 Å². The summed E-state index contributed by atoms with van der Waals surface area (Å²) in [6, 6.07) is 21.8. The first-order chi connectivity index (χ1) is 17.0. The number of benzene rings is 3. The molecule has 1 aromatic heterocycles. The number of hydrogen-bond donors (Lipinski definition) is 1. The van der Waals surface area contributed by atoms with Crippen molar-refractivity contribution in [3.05, 3.63) is 88.6 Å². The number of halogens is 2. The van der Waals surface area contributed by atoms with Crippen LogP contribution < -0.4 is 10.2 Å². The predicted molar refractivity (Wildman–Crippen MR) is 139 cm³/mol. The van der Waals surface area contributed by atoms with Crippen molar-refractivity contribution in [1.82, 2.24) is 20.2 Å². The van der Waals surface area contributed by atoms with E-state index in [1.165, 1.54) is 24.0 Å². The van der Waals surface area contributed by atoms with Crippen LogP contribution in [0.25, 0.3) is 17.1 Å². The van der Waals surface area contributed by atoms with Gasteiger partial charge in [-0.15, -0.1) is 10.2 Å². The predicted octanol–water partition coefficient (Wildman–Crippen LogP) is 5.48. The fourth-order valence-corrected chi connectivity index (χ4v) is 4.30. The number of amides is 1. The lowest BCUT2D eigenvalue weighted by Gasteiger charge is -2.11. The van der Waals surface area contributed by atoms with E-state index in [0.29, 0.717) is 22.1 Å². The van der Waals surface area contributed by atoms with E-state index >= 15 is 0 Å². The van der Waals surface area contributed by atoms with Crippen molar-refractivity contribution in [2.24, 2.45) is 5.10 Å². The first-order valence-corrected chi connectivity index (χ1v) is 12.5. The Morgan fingerprint density at radius 2 is 1.91 bits per heavy atom. The molecule has 3 aromatic carbocycles. The van der Waals surface area contributed by atoms with Gasteiger partial charge in [0, 0.05) is 21.3 Å². The highest BCUT2D eigenvalue weighted by Gasteiger charge is 2.17. The number of nitrogens with one attached hydrogen (secondary N) is 1. The average Bonchev–Trinajstić information content (AvgIpc) is 3.30. The summed E-state index contributed by atoms with van der Waals surface area (Å²) in [4.78, 5) is 12.4. The molecule has 10 heteroatoms. The summed E-state index contributed by atoms with van der Waals surface area (Å²) in [5, 5.41) is 13.1. The van der Waals surface area contributed by atoms with Gasteiger partial charge < -0.3 is 4.74 Å². The first kappa shape index (κ1) is 24.6. The van der Waals surface area contributed by atoms with Crippen LogP contribution in [0, 0.1) is 5.82 Å². The molecule has 0 aliphatic rings. The van der Waals surface area contributed by atoms with Crippen LogP contribution in [0.15, 0.2) is 87.5 Å². The van der Waals surface area contributed by atoms with Crippen LogP contribution >= 0.6 is 27.7 Å². The minimum absolute atomic E-state index is 0.0439. The molecule has 35 heavy (non-hydrogen) atoms. The summed E-state index contributed by atoms with van der Waals surface area (Å²) < 4.78 is 22.0. The molecule has 0 atom stereocenters. The summed E-state index contributed by atoms with van der Waals surface area (Å²) in [6.45, 7) is 2.51. The van der Waals surface area contributed by atoms with Gasteiger partial charge in [-0.1, -0.05) is 58.0 Å². The third-order valence-electron chi connectivity index (χ3n) is 4.75. The van der Waals surface area contributed by atoms with E-state index in [1.54, 1.807) is 12.1 Å². The summed E-state index contributed by atoms with van der Waals surface area (Å²) in [6.07, 6.45) is 1.26. The molecular weight excluding hydrogens is 533 g/mol. The Labute approximate surface area is 214 Å². The van der Waals surface area contributed by atoms with Crippen molar-refractivity contribution < 1.29 is 13.9 Å². The molecule has 0 aliphatic heterocycles. The monoisotopic (exact) mass is 553 g/mol. The highest BCUT2D eigenvalue weighted by molar-refractivity contribution is 9.10. The van der Waals surface area contributed by atoms with Crippen LogP contribution in [0.5, 0.6) is 5.75 Å². The maximum absolute atomic E-state index is 13.8. The van der Waals surface area contributed by atoms with E-state index in [9.17, 15) is 9.18 Å². The number of hydrogen-bond acceptors (Lipinski definition) is 6. The normalized spacial score (nSPS) is 11.1. The van der Waals surface area contributed by atoms with Gasteiger partial charge in [0.15, 0.2) is 11.0 Å². The van der Waals surface area contributed by atoms with Crippen molar-refractivity contribution in [3.8, 4) is 22.8 Å². The number of hydrazone groups is 1. The Bertz CT molecular complexity index is 1330. The lowest BCUT2D eigenvalue weighted by atomic mass is 10.2. The van der Waals surface area contributed by atoms with Gasteiger partial charge in [-0.2, -0.15) is 5.10 Å². The van der Waals surface area contributed by atoms with E-state index in [1.807, 2.05) is 66.1 Å². The Balaban J connectivity index is 1.51. The number of thioether (sulfide) groups is 1. The first-order valence-electron chi connectivity index (χ1n) is 10.7. The van der Waals surface area contributed by atoms with E-state index < -0.39 is 5.82 Å². The van der Waals surface area contributed by atoms with Gasteiger partial charge in [0.1, 0.15) is 11.6 Å². The number of carbonyl (C=O) groups is 1. The topological polar surface area (TPSA) is 81.4 Å². The number of rotatable bonds is 9. The molecule has 1 amide bonds. The van der Waals surface area contributed by atoms with E-state index in [0.717, 1.165) is 17.0 Å². The standard InChI is InChI=1S/C25H21BrFN5O2S/c1-2-34-21-11-9-20(10-12-21)32-24(17-6-4-3-5-7-17)30-31-25(32)35-16-23(33)29-28-15-18-14-19(26)8-13-22(18)27/h3-15H,2,16H2,1H3,(H,29,33)/b28-15-. The highest BCUT2D eigenvalue weighted by Crippen LogP contribution is 2.28. The maximum atomic E-state index is 13.8. The fourth-order valence-electron chi connectivity index (χ4n) is 3.18. The van der Waals surface area contributed by atoms with Crippen LogP contribution in [0.1, 0.15) is 12.5 Å². The van der Waals surface area contributed by atoms with Gasteiger partial charge >= 0.3 is 0 Å². The quantitative estimate of drug-likeness (QED) is 0.169. The minimum Gasteiger partial charge on any atom is -0.494 e. The van der Waals surface area contributed by atoms with Crippen LogP contribution in [0.3, 0.4) is 0 Å². The SMILES string of the molecule is CCOc1ccc(-n2c(SCC(=O)N/N=C\c3cc(Br)ccc3F)nnc2-c2ccccc2)cc1. The van der Waals surface area contributed by atoms with Crippen molar-refractivity contribution in [2.75, 3.05) is 12.4 Å². The summed E-state index contributed by atoms with van der Waals surface area (Å²) in [7, 11) is 0. The Hall–Kier alpha value is -3.50. The van der Waals surface area contributed by atoms with Gasteiger partial charge in [0.2, 0.25) is 0 Å². The molecule has 0 spiro atoms. The molecule has 178 valence electrons. The van der Waals surface area contributed by atoms with Crippen LogP contribution in [0.4, 0.5) is 4.39 Å². The zero-order chi connectivity index (χ0) is 24.6. The number of ether oxygens (including phenoxy) is 1. The molecule has 4 rings (SSSR count). The zero-order valence-electron chi connectivity index (χ0n) is 18.7. The summed E-state index contributed by atoms with van der Waals surface area (Å²) in [5.41, 5.74) is 4.41. The molecule has 7 nitrogen and oxygen atoms in total. The Morgan fingerprint density at radius 1 is 1.14 bits per heavy atom. The lowest BCUT2D eigenvalue weighted by Crippen LogP contribution is -2.20. The molecule has 0 saturated carbocycles. The second-order valence-corrected chi connectivity index (χ2v) is 9.04. The van der Waals surface area contributed by atoms with Crippen molar-refractivity contribution in [1.29, 1.82) is 0 Å². The molecule has 1 N–H and O–H groups in total. The van der Waals surface area contributed by atoms with Gasteiger partial charge in [0.25, 0.3) is 5.91 Å². The van der Waals surface area contributed by atoms with Crippen molar-refractivity contribution in [3.63, 3.8) is 0 Å². The Morgan fingerprint density at radius 3 is 2.66 bits per heavy atom. The van der Waals surface area contributed by atoms with Crippen molar-refractivity contribution in [2.45, 2.75) is 12.1 Å². The highest BCUT2D eigenvalue weighted by atomic mass is 79.9. The lowest BCUT2D eigenvalue weighted by molar-refractivity contribution is -0.118. The molecule has 0 aliphatic carbocycles. The van der Waals surface area contributed by atoms with E-state index in [-0.39, 0.29) is 17.2 Å². The third-order valence-corrected chi connectivity index (χ3v) is 6.18. The smallest absolute Gasteiger partial charge is 0.250 e. The minimum atomic E-state index is -0.433. The molecule has 0 saturated heterocycles.